The molecule has 0 saturated heterocycles. The molecule has 0 N–H and O–H groups in total. The number of carbonyl (C=O) groups is 1. The molecule has 0 aliphatic heterocycles. The number of hydrogen-bond acceptors (Lipinski definition) is 5. The van der Waals surface area contributed by atoms with Crippen LogP contribution in [0.15, 0.2) is 45.7 Å². The van der Waals surface area contributed by atoms with Gasteiger partial charge in [0.05, 0.1) is 18.2 Å². The lowest BCUT2D eigenvalue weighted by Gasteiger charge is -2.15. The number of hydrogen-bond donors (Lipinski definition) is 0. The van der Waals surface area contributed by atoms with Gasteiger partial charge in [0.15, 0.2) is 0 Å². The molecule has 1 heterocycles. The minimum absolute atomic E-state index is 0.0969. The van der Waals surface area contributed by atoms with Crippen LogP contribution in [0.2, 0.25) is 0 Å². The lowest BCUT2D eigenvalue weighted by molar-refractivity contribution is -0.143. The van der Waals surface area contributed by atoms with Crippen LogP contribution >= 0.6 is 15.9 Å². The van der Waals surface area contributed by atoms with Gasteiger partial charge in [0, 0.05) is 19.0 Å². The zero-order valence-electron chi connectivity index (χ0n) is 17.0. The molecule has 7 heteroatoms. The van der Waals surface area contributed by atoms with Gasteiger partial charge in [0.25, 0.3) is 5.56 Å². The van der Waals surface area contributed by atoms with E-state index in [2.05, 4.69) is 15.9 Å². The van der Waals surface area contributed by atoms with Crippen molar-refractivity contribution in [3.05, 3.63) is 56.8 Å². The van der Waals surface area contributed by atoms with Crippen LogP contribution in [0.3, 0.4) is 0 Å². The van der Waals surface area contributed by atoms with E-state index in [0.29, 0.717) is 32.1 Å². The standard InChI is InChI=1S/C22H28BrNO5/c1-3-28-21(26)11-6-4-5-7-14-24-20(25)13-12-19(23)22(24)29-16-17-9-8-10-18(15-17)27-2/h8-10,12-13,15H,3-7,11,14,16H2,1-2H3. The summed E-state index contributed by atoms with van der Waals surface area (Å²) in [7, 11) is 1.62. The maximum absolute atomic E-state index is 12.4. The van der Waals surface area contributed by atoms with E-state index in [4.69, 9.17) is 14.2 Å². The molecule has 0 saturated carbocycles. The largest absolute Gasteiger partial charge is 0.497 e. The molecule has 2 rings (SSSR count). The summed E-state index contributed by atoms with van der Waals surface area (Å²) in [5, 5.41) is 0. The number of halogens is 1. The van der Waals surface area contributed by atoms with E-state index in [9.17, 15) is 9.59 Å². The molecule has 158 valence electrons. The summed E-state index contributed by atoms with van der Waals surface area (Å²) < 4.78 is 18.5. The molecule has 1 aromatic carbocycles. The highest BCUT2D eigenvalue weighted by molar-refractivity contribution is 9.10. The Morgan fingerprint density at radius 2 is 1.90 bits per heavy atom. The third kappa shape index (κ3) is 7.57. The van der Waals surface area contributed by atoms with Gasteiger partial charge in [0.2, 0.25) is 5.88 Å². The molecule has 0 spiro atoms. The molecule has 29 heavy (non-hydrogen) atoms. The SMILES string of the molecule is CCOC(=O)CCCCCCn1c(OCc2cccc(OC)c2)c(Br)ccc1=O. The quantitative estimate of drug-likeness (QED) is 0.335. The topological polar surface area (TPSA) is 66.8 Å². The Balaban J connectivity index is 1.91. The molecule has 0 aliphatic rings. The number of unbranched alkanes of at least 4 members (excludes halogenated alkanes) is 3. The molecule has 0 radical (unpaired) electrons. The lowest BCUT2D eigenvalue weighted by atomic mass is 10.1. The number of benzene rings is 1. The van der Waals surface area contributed by atoms with Gasteiger partial charge in [-0.25, -0.2) is 0 Å². The Hall–Kier alpha value is -2.28. The van der Waals surface area contributed by atoms with Crippen molar-refractivity contribution < 1.29 is 19.0 Å². The molecular formula is C22H28BrNO5. The van der Waals surface area contributed by atoms with E-state index >= 15 is 0 Å². The van der Waals surface area contributed by atoms with Gasteiger partial charge >= 0.3 is 5.97 Å². The van der Waals surface area contributed by atoms with Crippen molar-refractivity contribution in [3.8, 4) is 11.6 Å². The third-order valence-corrected chi connectivity index (χ3v) is 5.02. The van der Waals surface area contributed by atoms with Gasteiger partial charge < -0.3 is 14.2 Å². The van der Waals surface area contributed by atoms with Gasteiger partial charge in [-0.1, -0.05) is 25.0 Å². The fourth-order valence-electron chi connectivity index (χ4n) is 2.93. The Bertz CT molecular complexity index is 849. The van der Waals surface area contributed by atoms with E-state index in [1.165, 1.54) is 6.07 Å². The number of esters is 1. The second-order valence-electron chi connectivity index (χ2n) is 6.59. The van der Waals surface area contributed by atoms with Crippen molar-refractivity contribution in [2.75, 3.05) is 13.7 Å². The van der Waals surface area contributed by atoms with Crippen molar-refractivity contribution in [3.63, 3.8) is 0 Å². The Morgan fingerprint density at radius 3 is 2.66 bits per heavy atom. The van der Waals surface area contributed by atoms with E-state index in [1.54, 1.807) is 17.7 Å². The molecule has 0 amide bonds. The van der Waals surface area contributed by atoms with Gasteiger partial charge in [0.1, 0.15) is 12.4 Å². The highest BCUT2D eigenvalue weighted by Gasteiger charge is 2.11. The van der Waals surface area contributed by atoms with Crippen molar-refractivity contribution in [1.82, 2.24) is 4.57 Å². The summed E-state index contributed by atoms with van der Waals surface area (Å²) in [6.07, 6.45) is 3.91. The van der Waals surface area contributed by atoms with Crippen molar-refractivity contribution >= 4 is 21.9 Å². The van der Waals surface area contributed by atoms with Crippen LogP contribution in [-0.4, -0.2) is 24.3 Å². The normalized spacial score (nSPS) is 10.6. The first kappa shape index (κ1) is 23.0. The third-order valence-electron chi connectivity index (χ3n) is 4.42. The number of rotatable bonds is 12. The first-order chi connectivity index (χ1) is 14.0. The van der Waals surface area contributed by atoms with Crippen LogP contribution in [-0.2, 0) is 22.7 Å². The summed E-state index contributed by atoms with van der Waals surface area (Å²) >= 11 is 3.49. The zero-order valence-corrected chi connectivity index (χ0v) is 18.6. The molecule has 0 unspecified atom stereocenters. The number of ether oxygens (including phenoxy) is 3. The monoisotopic (exact) mass is 465 g/mol. The van der Waals surface area contributed by atoms with Gasteiger partial charge in [-0.15, -0.1) is 0 Å². The van der Waals surface area contributed by atoms with E-state index < -0.39 is 0 Å². The predicted octanol–water partition coefficient (Wildman–Crippen LogP) is 4.71. The van der Waals surface area contributed by atoms with Crippen LogP contribution in [0, 0.1) is 0 Å². The van der Waals surface area contributed by atoms with Crippen molar-refractivity contribution in [2.24, 2.45) is 0 Å². The van der Waals surface area contributed by atoms with Crippen LogP contribution in [0.5, 0.6) is 11.6 Å². The molecular weight excluding hydrogens is 438 g/mol. The Labute approximate surface area is 179 Å². The molecule has 0 aliphatic carbocycles. The summed E-state index contributed by atoms with van der Waals surface area (Å²) in [4.78, 5) is 23.7. The van der Waals surface area contributed by atoms with Crippen LogP contribution in [0.4, 0.5) is 0 Å². The summed E-state index contributed by atoms with van der Waals surface area (Å²) in [6.45, 7) is 3.12. The second kappa shape index (κ2) is 12.3. The van der Waals surface area contributed by atoms with Crippen molar-refractivity contribution in [1.29, 1.82) is 0 Å². The number of aromatic nitrogens is 1. The van der Waals surface area contributed by atoms with Crippen LogP contribution < -0.4 is 15.0 Å². The summed E-state index contributed by atoms with van der Waals surface area (Å²) in [5.74, 6) is 1.13. The number of carbonyl (C=O) groups excluding carboxylic acids is 1. The minimum Gasteiger partial charge on any atom is -0.497 e. The van der Waals surface area contributed by atoms with Gasteiger partial charge in [-0.05, 0) is 59.5 Å². The fourth-order valence-corrected chi connectivity index (χ4v) is 3.39. The Morgan fingerprint density at radius 1 is 1.10 bits per heavy atom. The van der Waals surface area contributed by atoms with Crippen LogP contribution in [0.1, 0.15) is 44.6 Å². The predicted molar refractivity (Wildman–Crippen MR) is 115 cm³/mol. The van der Waals surface area contributed by atoms with Crippen LogP contribution in [0.25, 0.3) is 0 Å². The average Bonchev–Trinajstić information content (AvgIpc) is 2.72. The second-order valence-corrected chi connectivity index (χ2v) is 7.44. The van der Waals surface area contributed by atoms with Crippen molar-refractivity contribution in [2.45, 2.75) is 52.2 Å². The summed E-state index contributed by atoms with van der Waals surface area (Å²) in [6, 6.07) is 10.9. The lowest BCUT2D eigenvalue weighted by Crippen LogP contribution is -2.21. The average molecular weight is 466 g/mol. The maximum Gasteiger partial charge on any atom is 0.305 e. The number of methoxy groups -OCH3 is 1. The smallest absolute Gasteiger partial charge is 0.305 e. The number of nitrogens with zero attached hydrogens (tertiary/aromatic N) is 1. The van der Waals surface area contributed by atoms with E-state index in [0.717, 1.165) is 41.5 Å². The number of pyridine rings is 1. The molecule has 6 nitrogen and oxygen atoms in total. The van der Waals surface area contributed by atoms with Gasteiger partial charge in [-0.3, -0.25) is 14.2 Å². The molecule has 0 fully saturated rings. The van der Waals surface area contributed by atoms with E-state index in [-0.39, 0.29) is 11.5 Å². The minimum atomic E-state index is -0.149. The molecule has 0 atom stereocenters. The molecule has 1 aromatic heterocycles. The highest BCUT2D eigenvalue weighted by atomic mass is 79.9. The zero-order chi connectivity index (χ0) is 21.1. The molecule has 2 aromatic rings. The van der Waals surface area contributed by atoms with E-state index in [1.807, 2.05) is 31.2 Å². The fraction of sp³-hybridized carbons (Fsp3) is 0.455. The maximum atomic E-state index is 12.4. The highest BCUT2D eigenvalue weighted by Crippen LogP contribution is 2.25. The summed E-state index contributed by atoms with van der Waals surface area (Å²) in [5.41, 5.74) is 0.860. The van der Waals surface area contributed by atoms with Gasteiger partial charge in [-0.2, -0.15) is 0 Å². The first-order valence-corrected chi connectivity index (χ1v) is 10.6. The molecule has 0 bridgehead atoms. The first-order valence-electron chi connectivity index (χ1n) is 9.85. The Kier molecular flexibility index (Phi) is 9.77.